The predicted molar refractivity (Wildman–Crippen MR) is 102 cm³/mol. The van der Waals surface area contributed by atoms with Crippen molar-refractivity contribution in [3.8, 4) is 5.69 Å². The summed E-state index contributed by atoms with van der Waals surface area (Å²) in [4.78, 5) is 30.6. The van der Waals surface area contributed by atoms with Crippen molar-refractivity contribution < 1.29 is 4.79 Å². The number of amides is 1. The number of aromatic amines is 1. The summed E-state index contributed by atoms with van der Waals surface area (Å²) in [5.74, 6) is -0.0887. The molecule has 0 spiro atoms. The van der Waals surface area contributed by atoms with Crippen LogP contribution in [0.1, 0.15) is 5.56 Å². The zero-order valence-corrected chi connectivity index (χ0v) is 14.2. The zero-order valence-electron chi connectivity index (χ0n) is 14.2. The predicted octanol–water partition coefficient (Wildman–Crippen LogP) is 1.88. The Morgan fingerprint density at radius 3 is 2.56 bits per heavy atom. The Kier molecular flexibility index (Phi) is 4.13. The molecular formula is C19H16N6O2. The molecule has 0 aliphatic heterocycles. The van der Waals surface area contributed by atoms with Gasteiger partial charge in [-0.3, -0.25) is 14.6 Å². The number of rotatable bonds is 5. The third kappa shape index (κ3) is 3.40. The second kappa shape index (κ2) is 6.75. The van der Waals surface area contributed by atoms with Gasteiger partial charge in [0, 0.05) is 5.69 Å². The molecule has 8 nitrogen and oxygen atoms in total. The van der Waals surface area contributed by atoms with Crippen molar-refractivity contribution in [2.45, 2.75) is 6.42 Å². The minimum Gasteiger partial charge on any atom is -0.369 e. The Hall–Kier alpha value is -3.94. The molecule has 0 aliphatic carbocycles. The minimum atomic E-state index is -0.388. The summed E-state index contributed by atoms with van der Waals surface area (Å²) >= 11 is 0. The molecule has 2 aromatic heterocycles. The third-order valence-corrected chi connectivity index (χ3v) is 4.03. The number of hydrogen-bond donors (Lipinski definition) is 3. The number of carbonyl (C=O) groups excluding carboxylic acids is 1. The first kappa shape index (κ1) is 16.5. The lowest BCUT2D eigenvalue weighted by Gasteiger charge is -2.07. The summed E-state index contributed by atoms with van der Waals surface area (Å²) in [5, 5.41) is 7.74. The number of para-hydroxylation sites is 1. The lowest BCUT2D eigenvalue weighted by molar-refractivity contribution is -0.117. The molecule has 4 aromatic rings. The van der Waals surface area contributed by atoms with Gasteiger partial charge in [0.25, 0.3) is 5.56 Å². The van der Waals surface area contributed by atoms with Crippen LogP contribution in [0.25, 0.3) is 16.7 Å². The molecule has 134 valence electrons. The van der Waals surface area contributed by atoms with Crippen molar-refractivity contribution in [3.63, 3.8) is 0 Å². The van der Waals surface area contributed by atoms with Crippen LogP contribution in [0.2, 0.25) is 0 Å². The fourth-order valence-corrected chi connectivity index (χ4v) is 2.78. The van der Waals surface area contributed by atoms with Crippen LogP contribution in [0, 0.1) is 0 Å². The number of aromatic nitrogens is 4. The van der Waals surface area contributed by atoms with Gasteiger partial charge in [0.2, 0.25) is 11.9 Å². The summed E-state index contributed by atoms with van der Waals surface area (Å²) in [6, 6.07) is 16.6. The highest BCUT2D eigenvalue weighted by atomic mass is 16.1. The molecular weight excluding hydrogens is 344 g/mol. The van der Waals surface area contributed by atoms with Crippen molar-refractivity contribution in [2.75, 3.05) is 5.32 Å². The average molecular weight is 360 g/mol. The van der Waals surface area contributed by atoms with Gasteiger partial charge in [0.15, 0.2) is 5.65 Å². The number of primary amides is 1. The topological polar surface area (TPSA) is 119 Å². The lowest BCUT2D eigenvalue weighted by atomic mass is 10.1. The second-order valence-electron chi connectivity index (χ2n) is 6.01. The molecule has 0 aliphatic rings. The largest absolute Gasteiger partial charge is 0.369 e. The second-order valence-corrected chi connectivity index (χ2v) is 6.01. The number of carbonyl (C=O) groups is 1. The third-order valence-electron chi connectivity index (χ3n) is 4.03. The van der Waals surface area contributed by atoms with Gasteiger partial charge in [-0.1, -0.05) is 30.3 Å². The molecule has 0 unspecified atom stereocenters. The molecule has 4 rings (SSSR count). The normalized spacial score (nSPS) is 10.8. The monoisotopic (exact) mass is 360 g/mol. The number of nitrogens with one attached hydrogen (secondary N) is 2. The first-order chi connectivity index (χ1) is 13.1. The van der Waals surface area contributed by atoms with Crippen LogP contribution in [-0.4, -0.2) is 25.7 Å². The van der Waals surface area contributed by atoms with E-state index in [9.17, 15) is 9.59 Å². The van der Waals surface area contributed by atoms with Gasteiger partial charge in [0.1, 0.15) is 5.39 Å². The molecule has 0 fully saturated rings. The maximum atomic E-state index is 12.4. The summed E-state index contributed by atoms with van der Waals surface area (Å²) in [6.07, 6.45) is 1.67. The van der Waals surface area contributed by atoms with Gasteiger partial charge in [-0.15, -0.1) is 0 Å². The highest BCUT2D eigenvalue weighted by molar-refractivity contribution is 5.77. The number of nitrogens with zero attached hydrogens (tertiary/aromatic N) is 3. The van der Waals surface area contributed by atoms with Gasteiger partial charge in [-0.05, 0) is 29.8 Å². The number of benzene rings is 2. The van der Waals surface area contributed by atoms with E-state index in [0.717, 1.165) is 16.9 Å². The minimum absolute atomic E-state index is 0.178. The van der Waals surface area contributed by atoms with E-state index in [2.05, 4.69) is 20.4 Å². The van der Waals surface area contributed by atoms with Gasteiger partial charge < -0.3 is 11.1 Å². The maximum Gasteiger partial charge on any atom is 0.263 e. The standard InChI is InChI=1S/C19H16N6O2/c20-16(26)10-12-6-8-13(9-7-12)22-19-23-17-15(18(27)24-19)11-21-25(17)14-4-2-1-3-5-14/h1-9,11H,10H2,(H2,20,26)(H2,22,23,24,27). The van der Waals surface area contributed by atoms with E-state index in [-0.39, 0.29) is 17.9 Å². The molecule has 2 heterocycles. The Morgan fingerprint density at radius 2 is 1.85 bits per heavy atom. The van der Waals surface area contributed by atoms with Crippen molar-refractivity contribution >= 4 is 28.6 Å². The molecule has 27 heavy (non-hydrogen) atoms. The van der Waals surface area contributed by atoms with Gasteiger partial charge in [-0.2, -0.15) is 10.1 Å². The molecule has 1 amide bonds. The summed E-state index contributed by atoms with van der Waals surface area (Å²) in [6.45, 7) is 0. The average Bonchev–Trinajstić information content (AvgIpc) is 3.08. The molecule has 0 atom stereocenters. The highest BCUT2D eigenvalue weighted by Crippen LogP contribution is 2.17. The number of fused-ring (bicyclic) bond motifs is 1. The van der Waals surface area contributed by atoms with E-state index >= 15 is 0 Å². The van der Waals surface area contributed by atoms with Crippen LogP contribution in [0.15, 0.2) is 65.6 Å². The van der Waals surface area contributed by atoms with Crippen LogP contribution in [0.3, 0.4) is 0 Å². The van der Waals surface area contributed by atoms with Gasteiger partial charge in [-0.25, -0.2) is 4.68 Å². The lowest BCUT2D eigenvalue weighted by Crippen LogP contribution is -2.13. The van der Waals surface area contributed by atoms with Crippen molar-refractivity contribution in [3.05, 3.63) is 76.7 Å². The highest BCUT2D eigenvalue weighted by Gasteiger charge is 2.11. The Labute approximate surface area is 153 Å². The molecule has 0 radical (unpaired) electrons. The summed E-state index contributed by atoms with van der Waals surface area (Å²) < 4.78 is 1.62. The van der Waals surface area contributed by atoms with Crippen LogP contribution in [0.5, 0.6) is 0 Å². The number of hydrogen-bond acceptors (Lipinski definition) is 5. The van der Waals surface area contributed by atoms with Gasteiger partial charge in [0.05, 0.1) is 18.3 Å². The number of H-pyrrole nitrogens is 1. The van der Waals surface area contributed by atoms with E-state index < -0.39 is 0 Å². The van der Waals surface area contributed by atoms with Crippen LogP contribution < -0.4 is 16.6 Å². The van der Waals surface area contributed by atoms with Crippen molar-refractivity contribution in [2.24, 2.45) is 5.73 Å². The van der Waals surface area contributed by atoms with Gasteiger partial charge >= 0.3 is 0 Å². The fourth-order valence-electron chi connectivity index (χ4n) is 2.78. The molecule has 4 N–H and O–H groups in total. The first-order valence-electron chi connectivity index (χ1n) is 8.28. The fraction of sp³-hybridized carbons (Fsp3) is 0.0526. The summed E-state index contributed by atoms with van der Waals surface area (Å²) in [7, 11) is 0. The molecule has 8 heteroatoms. The van der Waals surface area contributed by atoms with Crippen LogP contribution in [-0.2, 0) is 11.2 Å². The molecule has 2 aromatic carbocycles. The quantitative estimate of drug-likeness (QED) is 0.502. The van der Waals surface area contributed by atoms with E-state index in [4.69, 9.17) is 5.73 Å². The zero-order chi connectivity index (χ0) is 18.8. The SMILES string of the molecule is NC(=O)Cc1ccc(Nc2nc3c(cnn3-c3ccccc3)c(=O)[nH]2)cc1. The Morgan fingerprint density at radius 1 is 1.11 bits per heavy atom. The molecule has 0 saturated heterocycles. The van der Waals surface area contributed by atoms with E-state index in [1.54, 1.807) is 28.9 Å². The van der Waals surface area contributed by atoms with E-state index in [1.807, 2.05) is 30.3 Å². The van der Waals surface area contributed by atoms with Crippen LogP contribution in [0.4, 0.5) is 11.6 Å². The smallest absolute Gasteiger partial charge is 0.263 e. The summed E-state index contributed by atoms with van der Waals surface area (Å²) in [5.41, 5.74) is 7.71. The maximum absolute atomic E-state index is 12.4. The first-order valence-corrected chi connectivity index (χ1v) is 8.28. The van der Waals surface area contributed by atoms with E-state index in [0.29, 0.717) is 17.0 Å². The Bertz CT molecular complexity index is 1160. The van der Waals surface area contributed by atoms with Crippen molar-refractivity contribution in [1.29, 1.82) is 0 Å². The number of anilines is 2. The molecule has 0 saturated carbocycles. The van der Waals surface area contributed by atoms with Crippen LogP contribution >= 0.6 is 0 Å². The van der Waals surface area contributed by atoms with Crippen molar-refractivity contribution in [1.82, 2.24) is 19.7 Å². The molecule has 0 bridgehead atoms. The Balaban J connectivity index is 1.68. The number of nitrogens with two attached hydrogens (primary N) is 1. The van der Waals surface area contributed by atoms with E-state index in [1.165, 1.54) is 6.20 Å².